The molecule has 2 atom stereocenters. The molecule has 9 heteroatoms. The van der Waals surface area contributed by atoms with Crippen LogP contribution in [0.25, 0.3) is 0 Å². The van der Waals surface area contributed by atoms with E-state index in [-0.39, 0.29) is 6.17 Å². The molecule has 0 radical (unpaired) electrons. The largest absolute Gasteiger partial charge is 0.369 e. The molecule has 194 valence electrons. The van der Waals surface area contributed by atoms with E-state index in [1.165, 1.54) is 23.4 Å². The second-order valence-electron chi connectivity index (χ2n) is 10.3. The van der Waals surface area contributed by atoms with Gasteiger partial charge in [-0.05, 0) is 55.6 Å². The lowest BCUT2D eigenvalue weighted by molar-refractivity contribution is -0.185. The van der Waals surface area contributed by atoms with Gasteiger partial charge in [0, 0.05) is 61.4 Å². The number of likely N-dealkylation sites (N-methyl/N-ethyl adjacent to an activating group) is 1. The minimum Gasteiger partial charge on any atom is -0.369 e. The van der Waals surface area contributed by atoms with Gasteiger partial charge in [0.05, 0.1) is 6.54 Å². The first-order valence-electron chi connectivity index (χ1n) is 13.3. The van der Waals surface area contributed by atoms with E-state index in [4.69, 9.17) is 14.8 Å². The van der Waals surface area contributed by atoms with E-state index in [0.29, 0.717) is 25.0 Å². The highest BCUT2D eigenvalue weighted by Gasteiger charge is 2.36. The van der Waals surface area contributed by atoms with Crippen molar-refractivity contribution < 1.29 is 4.84 Å². The highest BCUT2D eigenvalue weighted by atomic mass is 16.7. The van der Waals surface area contributed by atoms with Crippen LogP contribution in [0.4, 0.5) is 23.1 Å². The number of nitrogens with one attached hydrogen (secondary N) is 1. The monoisotopic (exact) mass is 500 g/mol. The van der Waals surface area contributed by atoms with Crippen molar-refractivity contribution in [3.63, 3.8) is 0 Å². The van der Waals surface area contributed by atoms with Crippen molar-refractivity contribution in [2.24, 2.45) is 10.9 Å². The lowest BCUT2D eigenvalue weighted by Crippen LogP contribution is -2.52. The number of dihydropyridines is 1. The predicted molar refractivity (Wildman–Crippen MR) is 148 cm³/mol. The van der Waals surface area contributed by atoms with E-state index in [9.17, 15) is 0 Å². The van der Waals surface area contributed by atoms with Gasteiger partial charge in [0.1, 0.15) is 12.8 Å². The van der Waals surface area contributed by atoms with Gasteiger partial charge in [-0.1, -0.05) is 24.2 Å². The summed E-state index contributed by atoms with van der Waals surface area (Å²) < 4.78 is 0. The number of hydroxylamine groups is 1. The van der Waals surface area contributed by atoms with Crippen LogP contribution in [-0.2, 0) is 11.4 Å². The minimum atomic E-state index is -0.107. The van der Waals surface area contributed by atoms with E-state index in [1.807, 2.05) is 17.4 Å². The summed E-state index contributed by atoms with van der Waals surface area (Å²) in [6.07, 6.45) is 9.06. The van der Waals surface area contributed by atoms with E-state index in [1.54, 1.807) is 0 Å². The zero-order valence-electron chi connectivity index (χ0n) is 21.8. The van der Waals surface area contributed by atoms with E-state index >= 15 is 0 Å². The maximum atomic E-state index is 6.07. The van der Waals surface area contributed by atoms with Crippen molar-refractivity contribution >= 4 is 28.9 Å². The molecule has 2 unspecified atom stereocenters. The number of aromatic nitrogens is 2. The second-order valence-corrected chi connectivity index (χ2v) is 10.3. The molecule has 2 aromatic rings. The summed E-state index contributed by atoms with van der Waals surface area (Å²) in [5.74, 6) is 1.88. The number of anilines is 4. The maximum absolute atomic E-state index is 6.07. The van der Waals surface area contributed by atoms with Crippen LogP contribution in [0.3, 0.4) is 0 Å². The smallest absolute Gasteiger partial charge is 0.229 e. The summed E-state index contributed by atoms with van der Waals surface area (Å²) in [5, 5.41) is 7.32. The predicted octanol–water partition coefficient (Wildman–Crippen LogP) is 4.15. The second kappa shape index (κ2) is 10.2. The molecule has 0 bridgehead atoms. The topological polar surface area (TPSA) is 72.4 Å². The lowest BCUT2D eigenvalue weighted by Gasteiger charge is -2.42. The number of fused-ring (bicyclic) bond motifs is 2. The molecule has 4 heterocycles. The first-order chi connectivity index (χ1) is 18.1. The Kier molecular flexibility index (Phi) is 6.67. The van der Waals surface area contributed by atoms with Gasteiger partial charge in [-0.3, -0.25) is 9.83 Å². The van der Waals surface area contributed by atoms with Crippen LogP contribution in [0.5, 0.6) is 0 Å². The average molecular weight is 501 g/mol. The number of nitrogens with zero attached hydrogens (tertiary/aromatic N) is 7. The Morgan fingerprint density at radius 3 is 2.76 bits per heavy atom. The maximum Gasteiger partial charge on any atom is 0.229 e. The first kappa shape index (κ1) is 24.1. The molecule has 4 aliphatic rings. The Hall–Kier alpha value is -3.27. The van der Waals surface area contributed by atoms with Crippen molar-refractivity contribution in [2.45, 2.75) is 39.0 Å². The van der Waals surface area contributed by atoms with Gasteiger partial charge in [0.25, 0.3) is 0 Å². The molecule has 1 saturated carbocycles. The molecule has 1 saturated heterocycles. The normalized spacial score (nSPS) is 24.3. The molecular weight excluding hydrogens is 464 g/mol. The molecule has 0 spiro atoms. The number of piperazine rings is 1. The summed E-state index contributed by atoms with van der Waals surface area (Å²) in [5.41, 5.74) is 5.80. The fraction of sp³-hybridized carbons (Fsp3) is 0.464. The van der Waals surface area contributed by atoms with Crippen LogP contribution in [-0.4, -0.2) is 71.7 Å². The van der Waals surface area contributed by atoms with Crippen molar-refractivity contribution in [2.75, 3.05) is 55.0 Å². The molecule has 1 N–H and O–H groups in total. The highest BCUT2D eigenvalue weighted by molar-refractivity contribution is 6.04. The van der Waals surface area contributed by atoms with Crippen LogP contribution in [0.1, 0.15) is 31.7 Å². The van der Waals surface area contributed by atoms with Gasteiger partial charge < -0.3 is 15.1 Å². The van der Waals surface area contributed by atoms with Crippen molar-refractivity contribution in [3.05, 3.63) is 60.3 Å². The molecule has 1 aromatic heterocycles. The number of rotatable bonds is 6. The number of benzene rings is 1. The summed E-state index contributed by atoms with van der Waals surface area (Å²) in [7, 11) is 2.18. The van der Waals surface area contributed by atoms with Crippen LogP contribution >= 0.6 is 0 Å². The van der Waals surface area contributed by atoms with Crippen LogP contribution < -0.4 is 15.2 Å². The highest BCUT2D eigenvalue weighted by Crippen LogP contribution is 2.36. The van der Waals surface area contributed by atoms with E-state index in [2.05, 4.69) is 76.0 Å². The number of aliphatic imine (C=N–C) groups is 1. The lowest BCUT2D eigenvalue weighted by atomic mass is 10.0. The van der Waals surface area contributed by atoms with E-state index in [0.717, 1.165) is 56.1 Å². The zero-order chi connectivity index (χ0) is 25.4. The van der Waals surface area contributed by atoms with Gasteiger partial charge in [-0.2, -0.15) is 4.98 Å². The van der Waals surface area contributed by atoms with Crippen LogP contribution in [0, 0.1) is 5.92 Å². The Morgan fingerprint density at radius 1 is 1.16 bits per heavy atom. The quantitative estimate of drug-likeness (QED) is 0.593. The summed E-state index contributed by atoms with van der Waals surface area (Å²) in [6, 6.07) is 8.54. The van der Waals surface area contributed by atoms with E-state index < -0.39 is 0 Å². The first-order valence-corrected chi connectivity index (χ1v) is 13.3. The molecule has 6 rings (SSSR count). The van der Waals surface area contributed by atoms with Crippen molar-refractivity contribution in [1.82, 2.24) is 20.0 Å². The molecule has 37 heavy (non-hydrogen) atoms. The number of allylic oxidation sites excluding steroid dienone is 1. The van der Waals surface area contributed by atoms with Crippen LogP contribution in [0.15, 0.2) is 59.8 Å². The fourth-order valence-corrected chi connectivity index (χ4v) is 5.55. The summed E-state index contributed by atoms with van der Waals surface area (Å²) >= 11 is 0. The summed E-state index contributed by atoms with van der Waals surface area (Å²) in [4.78, 5) is 25.6. The number of hydrogen-bond donors (Lipinski definition) is 1. The number of hydrazine groups is 1. The standard InChI is InChI=1S/C28H36N8O/c1-4-13-35-36(25-12-7-21-6-5-20(2)26(21)31-25)27-22(19-37-35)18-29-28(32-27)30-23-8-10-24(11-9-23)34-16-14-33(3)15-17-34/h4,7-11,18,20,25H,1,5-6,12-17,19H2,2-3H3,(H,29,30,32). The van der Waals surface area contributed by atoms with Crippen LogP contribution in [0.2, 0.25) is 0 Å². The van der Waals surface area contributed by atoms with Gasteiger partial charge in [-0.25, -0.2) is 9.99 Å². The third kappa shape index (κ3) is 4.86. The molecule has 3 aliphatic heterocycles. The molecule has 2 fully saturated rings. The zero-order valence-corrected chi connectivity index (χ0v) is 21.8. The minimum absolute atomic E-state index is 0.107. The van der Waals surface area contributed by atoms with Gasteiger partial charge in [-0.15, -0.1) is 6.58 Å². The van der Waals surface area contributed by atoms with Crippen molar-refractivity contribution in [1.29, 1.82) is 0 Å². The molecule has 9 nitrogen and oxygen atoms in total. The average Bonchev–Trinajstić information content (AvgIpc) is 3.29. The molecule has 1 aromatic carbocycles. The van der Waals surface area contributed by atoms with Gasteiger partial charge in [0.15, 0.2) is 5.82 Å². The molecule has 1 aliphatic carbocycles. The molecule has 0 amide bonds. The van der Waals surface area contributed by atoms with Crippen molar-refractivity contribution in [3.8, 4) is 0 Å². The van der Waals surface area contributed by atoms with Gasteiger partial charge in [0.2, 0.25) is 5.95 Å². The Balaban J connectivity index is 1.24. The molecular formula is C28H36N8O. The Bertz CT molecular complexity index is 1200. The fourth-order valence-electron chi connectivity index (χ4n) is 5.55. The van der Waals surface area contributed by atoms with Gasteiger partial charge >= 0.3 is 0 Å². The Morgan fingerprint density at radius 2 is 1.97 bits per heavy atom. The Labute approximate surface area is 219 Å². The SMILES string of the molecule is C=CCN1OCc2cnc(Nc3ccc(N4CCN(C)CC4)cc3)nc2N1C1CC=C2CCC(C)C2=N1. The summed E-state index contributed by atoms with van der Waals surface area (Å²) in [6.45, 7) is 11.4. The third-order valence-electron chi connectivity index (χ3n) is 7.73. The number of hydrogen-bond acceptors (Lipinski definition) is 9. The third-order valence-corrected chi connectivity index (χ3v) is 7.73.